The zero-order valence-electron chi connectivity index (χ0n) is 25.2. The Bertz CT molecular complexity index is 1110. The largest absolute Gasteiger partial charge is 0.386 e. The third-order valence-electron chi connectivity index (χ3n) is 6.96. The summed E-state index contributed by atoms with van der Waals surface area (Å²) in [4.78, 5) is 32.0. The molecule has 1 fully saturated rings. The molecule has 0 saturated carbocycles. The Hall–Kier alpha value is -3.89. The summed E-state index contributed by atoms with van der Waals surface area (Å²) in [5.74, 6) is 6.30. The van der Waals surface area contributed by atoms with E-state index in [0.29, 0.717) is 68.1 Å². The lowest BCUT2D eigenvalue weighted by molar-refractivity contribution is -0.128. The van der Waals surface area contributed by atoms with E-state index in [-0.39, 0.29) is 11.8 Å². The predicted molar refractivity (Wildman–Crippen MR) is 167 cm³/mol. The minimum atomic E-state index is -0.151. The Morgan fingerprint density at radius 1 is 1.05 bits per heavy atom. The van der Waals surface area contributed by atoms with Gasteiger partial charge in [0.15, 0.2) is 0 Å². The van der Waals surface area contributed by atoms with Gasteiger partial charge < -0.3 is 25.8 Å². The molecule has 0 bridgehead atoms. The van der Waals surface area contributed by atoms with Gasteiger partial charge in [0.2, 0.25) is 0 Å². The number of hydrazine groups is 1. The number of carbonyl (C=O) groups excluding carboxylic acids is 2. The van der Waals surface area contributed by atoms with Gasteiger partial charge in [0.1, 0.15) is 5.84 Å². The molecule has 2 amide bonds. The van der Waals surface area contributed by atoms with Crippen LogP contribution in [0.2, 0.25) is 0 Å². The highest BCUT2D eigenvalue weighted by molar-refractivity contribution is 5.98. The molecule has 1 aliphatic heterocycles. The molecule has 0 radical (unpaired) electrons. The van der Waals surface area contributed by atoms with E-state index in [0.717, 1.165) is 25.2 Å². The highest BCUT2D eigenvalue weighted by Gasteiger charge is 2.26. The van der Waals surface area contributed by atoms with Crippen LogP contribution in [0.3, 0.4) is 0 Å². The Kier molecular flexibility index (Phi) is 14.4. The van der Waals surface area contributed by atoms with Crippen LogP contribution < -0.4 is 16.9 Å². The van der Waals surface area contributed by atoms with Gasteiger partial charge in [-0.25, -0.2) is 11.0 Å². The Balaban J connectivity index is 1.99. The third-order valence-corrected chi connectivity index (χ3v) is 6.96. The lowest BCUT2D eigenvalue weighted by Gasteiger charge is -2.35. The monoisotopic (exact) mass is 564 g/mol. The van der Waals surface area contributed by atoms with Crippen LogP contribution in [-0.4, -0.2) is 89.8 Å². The quantitative estimate of drug-likeness (QED) is 0.0747. The molecule has 1 aromatic carbocycles. The van der Waals surface area contributed by atoms with Crippen LogP contribution >= 0.6 is 0 Å². The number of amides is 2. The molecule has 10 nitrogen and oxygen atoms in total. The highest BCUT2D eigenvalue weighted by atomic mass is 16.2. The first-order valence-electron chi connectivity index (χ1n) is 14.3. The molecule has 224 valence electrons. The fraction of sp³-hybridized carbons (Fsp3) is 0.452. The van der Waals surface area contributed by atoms with Gasteiger partial charge in [0, 0.05) is 62.1 Å². The lowest BCUT2D eigenvalue weighted by atomic mass is 10.0. The maximum Gasteiger partial charge on any atom is 0.254 e. The number of nitrogens with one attached hydrogen (secondary N) is 1. The molecule has 10 heteroatoms. The number of piperazine rings is 1. The number of carbonyl (C=O) groups is 2. The molecule has 1 heterocycles. The molecule has 1 aliphatic rings. The second-order valence-electron chi connectivity index (χ2n) is 9.97. The average Bonchev–Trinajstić information content (AvgIpc) is 2.99. The standard InChI is InChI=1S/C31H48N8O2/c1-6-16-34-24-28(23-25(4)14-15-29(32)35-39(33)22-17-36(7-2)8-3)26(5)30(40)37-18-20-38(21-19-37)31(41)27-12-10-9-11-13-27/h6,9-13,16,23-24,34H,5,7-8,14-15,17-22,33H2,1-4H3,(H2,32,35)/b16-6+,25-23+,28-24+. The van der Waals surface area contributed by atoms with E-state index < -0.39 is 0 Å². The van der Waals surface area contributed by atoms with E-state index in [9.17, 15) is 9.59 Å². The fourth-order valence-electron chi connectivity index (χ4n) is 4.35. The first kappa shape index (κ1) is 33.3. The number of amidine groups is 1. The van der Waals surface area contributed by atoms with Crippen molar-refractivity contribution in [3.8, 4) is 0 Å². The first-order valence-corrected chi connectivity index (χ1v) is 14.3. The predicted octanol–water partition coefficient (Wildman–Crippen LogP) is 3.05. The summed E-state index contributed by atoms with van der Waals surface area (Å²) in [6.45, 7) is 17.4. The van der Waals surface area contributed by atoms with Crippen molar-refractivity contribution >= 4 is 17.6 Å². The van der Waals surface area contributed by atoms with Gasteiger partial charge in [-0.05, 0) is 51.7 Å². The van der Waals surface area contributed by atoms with Crippen LogP contribution in [0, 0.1) is 0 Å². The normalized spacial score (nSPS) is 15.0. The Morgan fingerprint density at radius 3 is 2.29 bits per heavy atom. The van der Waals surface area contributed by atoms with Crippen molar-refractivity contribution in [2.24, 2.45) is 16.7 Å². The van der Waals surface area contributed by atoms with Crippen molar-refractivity contribution in [1.82, 2.24) is 25.1 Å². The van der Waals surface area contributed by atoms with Crippen molar-refractivity contribution in [2.75, 3.05) is 52.4 Å². The van der Waals surface area contributed by atoms with E-state index >= 15 is 0 Å². The number of allylic oxidation sites excluding steroid dienone is 3. The molecular formula is C31H48N8O2. The fourth-order valence-corrected chi connectivity index (χ4v) is 4.35. The summed E-state index contributed by atoms with van der Waals surface area (Å²) in [6.07, 6.45) is 8.56. The number of hydrogen-bond donors (Lipinski definition) is 3. The molecular weight excluding hydrogens is 516 g/mol. The van der Waals surface area contributed by atoms with E-state index in [4.69, 9.17) is 11.6 Å². The number of nitrogens with two attached hydrogens (primary N) is 2. The molecule has 0 atom stereocenters. The lowest BCUT2D eigenvalue weighted by Crippen LogP contribution is -2.51. The summed E-state index contributed by atoms with van der Waals surface area (Å²) in [6, 6.07) is 9.21. The summed E-state index contributed by atoms with van der Waals surface area (Å²) in [5.41, 5.74) is 8.89. The van der Waals surface area contributed by atoms with Gasteiger partial charge in [-0.15, -0.1) is 5.10 Å². The van der Waals surface area contributed by atoms with Crippen LogP contribution in [0.1, 0.15) is 50.9 Å². The Labute approximate surface area is 245 Å². The molecule has 0 aliphatic carbocycles. The van der Waals surface area contributed by atoms with Gasteiger partial charge in [0.05, 0.1) is 6.54 Å². The second-order valence-corrected chi connectivity index (χ2v) is 9.97. The molecule has 0 aromatic heterocycles. The maximum atomic E-state index is 13.4. The molecule has 0 unspecified atom stereocenters. The van der Waals surface area contributed by atoms with E-state index in [1.807, 2.05) is 56.3 Å². The minimum absolute atomic E-state index is 0.0179. The number of hydrazone groups is 1. The van der Waals surface area contributed by atoms with Gasteiger partial charge in [-0.3, -0.25) is 9.59 Å². The van der Waals surface area contributed by atoms with Crippen molar-refractivity contribution in [3.05, 3.63) is 83.7 Å². The van der Waals surface area contributed by atoms with Crippen LogP contribution in [0.15, 0.2) is 83.3 Å². The van der Waals surface area contributed by atoms with E-state index in [1.165, 1.54) is 5.12 Å². The van der Waals surface area contributed by atoms with Crippen molar-refractivity contribution < 1.29 is 9.59 Å². The Morgan fingerprint density at radius 2 is 1.68 bits per heavy atom. The number of hydrogen-bond acceptors (Lipinski definition) is 7. The number of rotatable bonds is 15. The van der Waals surface area contributed by atoms with Crippen LogP contribution in [0.4, 0.5) is 0 Å². The highest BCUT2D eigenvalue weighted by Crippen LogP contribution is 2.18. The molecule has 1 saturated heterocycles. The van der Waals surface area contributed by atoms with Crippen molar-refractivity contribution in [2.45, 2.75) is 40.5 Å². The SMILES string of the molecule is C=C(C(=O)N1CCN(C(=O)c2ccccc2)CC1)C(/C=C(\C)CC/C(N)=N/N(N)CCN(CC)CC)=C/N/C=C/C. The maximum absolute atomic E-state index is 13.4. The van der Waals surface area contributed by atoms with Crippen molar-refractivity contribution in [3.63, 3.8) is 0 Å². The average molecular weight is 565 g/mol. The van der Waals surface area contributed by atoms with Gasteiger partial charge in [-0.2, -0.15) is 0 Å². The summed E-state index contributed by atoms with van der Waals surface area (Å²) >= 11 is 0. The number of nitrogens with zero attached hydrogens (tertiary/aromatic N) is 5. The van der Waals surface area contributed by atoms with Gasteiger partial charge in [-0.1, -0.05) is 56.4 Å². The smallest absolute Gasteiger partial charge is 0.254 e. The first-order chi connectivity index (χ1) is 19.7. The van der Waals surface area contributed by atoms with Gasteiger partial charge >= 0.3 is 0 Å². The van der Waals surface area contributed by atoms with Crippen LogP contribution in [0.25, 0.3) is 0 Å². The molecule has 41 heavy (non-hydrogen) atoms. The van der Waals surface area contributed by atoms with E-state index in [1.54, 1.807) is 22.2 Å². The number of likely N-dealkylation sites (N-methyl/N-ethyl adjacent to an activating group) is 1. The second kappa shape index (κ2) is 17.7. The third kappa shape index (κ3) is 11.3. The zero-order chi connectivity index (χ0) is 30.2. The molecule has 2 rings (SSSR count). The molecule has 1 aromatic rings. The topological polar surface area (TPSA) is 124 Å². The number of benzene rings is 1. The van der Waals surface area contributed by atoms with Crippen LogP contribution in [-0.2, 0) is 4.79 Å². The summed E-state index contributed by atoms with van der Waals surface area (Å²) in [5, 5.41) is 8.79. The van der Waals surface area contributed by atoms with Gasteiger partial charge in [0.25, 0.3) is 11.8 Å². The van der Waals surface area contributed by atoms with Crippen molar-refractivity contribution in [1.29, 1.82) is 0 Å². The van der Waals surface area contributed by atoms with E-state index in [2.05, 4.69) is 35.7 Å². The summed E-state index contributed by atoms with van der Waals surface area (Å²) < 4.78 is 0. The van der Waals surface area contributed by atoms with Crippen LogP contribution in [0.5, 0.6) is 0 Å². The molecule has 5 N–H and O–H groups in total. The molecule has 0 spiro atoms. The minimum Gasteiger partial charge on any atom is -0.386 e. The summed E-state index contributed by atoms with van der Waals surface area (Å²) in [7, 11) is 0. The zero-order valence-corrected chi connectivity index (χ0v) is 25.2.